The Hall–Kier alpha value is -2.83. The van der Waals surface area contributed by atoms with Crippen molar-refractivity contribution < 1.29 is 19.8 Å². The van der Waals surface area contributed by atoms with E-state index in [0.717, 1.165) is 5.56 Å². The maximum Gasteiger partial charge on any atom is 0.356 e. The fourth-order valence-corrected chi connectivity index (χ4v) is 2.10. The first-order chi connectivity index (χ1) is 9.08. The van der Waals surface area contributed by atoms with Crippen LogP contribution in [0.1, 0.15) is 16.7 Å². The van der Waals surface area contributed by atoms with Crippen molar-refractivity contribution in [2.45, 2.75) is 6.17 Å². The van der Waals surface area contributed by atoms with Crippen LogP contribution >= 0.6 is 0 Å². The molecule has 1 aromatic heterocycles. The highest BCUT2D eigenvalue weighted by Crippen LogP contribution is 2.36. The van der Waals surface area contributed by atoms with Gasteiger partial charge in [-0.1, -0.05) is 18.2 Å². The molecule has 0 fully saturated rings. The zero-order valence-electron chi connectivity index (χ0n) is 9.57. The number of carbonyl (C=O) groups is 2. The van der Waals surface area contributed by atoms with Gasteiger partial charge in [0, 0.05) is 11.3 Å². The van der Waals surface area contributed by atoms with Crippen LogP contribution < -0.4 is 5.32 Å². The smallest absolute Gasteiger partial charge is 0.356 e. The number of anilines is 1. The summed E-state index contributed by atoms with van der Waals surface area (Å²) in [6, 6.07) is 8.45. The largest absolute Gasteiger partial charge is 0.478 e. The van der Waals surface area contributed by atoms with Crippen LogP contribution in [0.15, 0.2) is 30.3 Å². The third kappa shape index (κ3) is 1.63. The molecule has 3 N–H and O–H groups in total. The highest BCUT2D eigenvalue weighted by Gasteiger charge is 2.31. The number of fused-ring (bicyclic) bond motifs is 3. The zero-order chi connectivity index (χ0) is 13.6. The predicted molar refractivity (Wildman–Crippen MR) is 64.9 cm³/mol. The average molecular weight is 259 g/mol. The van der Waals surface area contributed by atoms with Crippen molar-refractivity contribution in [1.29, 1.82) is 0 Å². The van der Waals surface area contributed by atoms with Crippen LogP contribution in [0.25, 0.3) is 11.3 Å². The molecule has 1 aromatic carbocycles. The first kappa shape index (κ1) is 11.3. The SMILES string of the molecule is O=C(O)c1cc2n(n1)C(C(=O)O)Nc1ccccc1-2. The number of benzene rings is 1. The summed E-state index contributed by atoms with van der Waals surface area (Å²) < 4.78 is 1.17. The molecule has 96 valence electrons. The molecule has 19 heavy (non-hydrogen) atoms. The maximum absolute atomic E-state index is 11.2. The second-order valence-corrected chi connectivity index (χ2v) is 4.10. The van der Waals surface area contributed by atoms with Gasteiger partial charge in [-0.3, -0.25) is 0 Å². The van der Waals surface area contributed by atoms with E-state index in [2.05, 4.69) is 10.4 Å². The molecule has 0 aliphatic carbocycles. The van der Waals surface area contributed by atoms with Gasteiger partial charge in [-0.2, -0.15) is 5.10 Å². The third-order valence-electron chi connectivity index (χ3n) is 2.93. The first-order valence-electron chi connectivity index (χ1n) is 5.49. The molecule has 7 heteroatoms. The van der Waals surface area contributed by atoms with Gasteiger partial charge >= 0.3 is 11.9 Å². The van der Waals surface area contributed by atoms with E-state index in [1.165, 1.54) is 10.7 Å². The number of aromatic nitrogens is 2. The number of hydrogen-bond donors (Lipinski definition) is 3. The Kier molecular flexibility index (Phi) is 2.28. The number of nitrogens with one attached hydrogen (secondary N) is 1. The summed E-state index contributed by atoms with van der Waals surface area (Å²) in [5, 5.41) is 24.8. The van der Waals surface area contributed by atoms with Gasteiger partial charge in [0.05, 0.1) is 5.69 Å². The number of hydrogen-bond acceptors (Lipinski definition) is 4. The van der Waals surface area contributed by atoms with Crippen molar-refractivity contribution in [1.82, 2.24) is 9.78 Å². The third-order valence-corrected chi connectivity index (χ3v) is 2.93. The van der Waals surface area contributed by atoms with Crippen molar-refractivity contribution in [3.05, 3.63) is 36.0 Å². The normalized spacial score (nSPS) is 16.1. The van der Waals surface area contributed by atoms with E-state index in [4.69, 9.17) is 5.11 Å². The number of carboxylic acids is 2. The number of nitrogens with zero attached hydrogens (tertiary/aromatic N) is 2. The Bertz CT molecular complexity index is 692. The molecular weight excluding hydrogens is 250 g/mol. The molecule has 0 saturated heterocycles. The second-order valence-electron chi connectivity index (χ2n) is 4.10. The molecule has 1 atom stereocenters. The van der Waals surface area contributed by atoms with Gasteiger partial charge in [0.15, 0.2) is 5.69 Å². The van der Waals surface area contributed by atoms with Gasteiger partial charge in [-0.25, -0.2) is 14.3 Å². The number of carboxylic acid groups (broad SMARTS) is 2. The highest BCUT2D eigenvalue weighted by atomic mass is 16.4. The molecule has 0 spiro atoms. The quantitative estimate of drug-likeness (QED) is 0.749. The summed E-state index contributed by atoms with van der Waals surface area (Å²) in [6.07, 6.45) is -1.11. The fourth-order valence-electron chi connectivity index (χ4n) is 2.10. The van der Waals surface area contributed by atoms with Crippen molar-refractivity contribution in [2.75, 3.05) is 5.32 Å². The zero-order valence-corrected chi connectivity index (χ0v) is 9.57. The van der Waals surface area contributed by atoms with Crippen LogP contribution in [0, 0.1) is 0 Å². The molecule has 2 heterocycles. The van der Waals surface area contributed by atoms with Gasteiger partial charge in [0.1, 0.15) is 0 Å². The molecule has 7 nitrogen and oxygen atoms in total. The van der Waals surface area contributed by atoms with Crippen LogP contribution in [-0.4, -0.2) is 31.9 Å². The van der Waals surface area contributed by atoms with E-state index in [-0.39, 0.29) is 5.69 Å². The van der Waals surface area contributed by atoms with Gasteiger partial charge in [-0.15, -0.1) is 0 Å². The van der Waals surface area contributed by atoms with Crippen molar-refractivity contribution in [3.8, 4) is 11.3 Å². The van der Waals surface area contributed by atoms with E-state index in [0.29, 0.717) is 11.4 Å². The molecule has 1 unspecified atom stereocenters. The van der Waals surface area contributed by atoms with Gasteiger partial charge in [0.2, 0.25) is 6.17 Å². The van der Waals surface area contributed by atoms with Crippen LogP contribution in [0.5, 0.6) is 0 Å². The second kappa shape index (κ2) is 3.84. The van der Waals surface area contributed by atoms with E-state index >= 15 is 0 Å². The molecule has 3 rings (SSSR count). The van der Waals surface area contributed by atoms with E-state index in [9.17, 15) is 14.7 Å². The molecule has 1 aliphatic heterocycles. The summed E-state index contributed by atoms with van der Waals surface area (Å²) in [5.41, 5.74) is 1.65. The van der Waals surface area contributed by atoms with Crippen LogP contribution in [-0.2, 0) is 4.79 Å². The Morgan fingerprint density at radius 2 is 2.00 bits per heavy atom. The minimum atomic E-state index is -1.19. The molecule has 0 amide bonds. The standard InChI is InChI=1S/C12H9N3O4/c16-11(17)8-5-9-6-3-1-2-4-7(6)13-10(12(18)19)15(9)14-8/h1-5,10,13H,(H,16,17)(H,18,19). The molecule has 0 bridgehead atoms. The minimum absolute atomic E-state index is 0.181. The predicted octanol–water partition coefficient (Wildman–Crippen LogP) is 1.26. The van der Waals surface area contributed by atoms with Gasteiger partial charge in [0.25, 0.3) is 0 Å². The number of rotatable bonds is 2. The summed E-state index contributed by atoms with van der Waals surface area (Å²) >= 11 is 0. The maximum atomic E-state index is 11.2. The lowest BCUT2D eigenvalue weighted by Crippen LogP contribution is -2.31. The number of aromatic carboxylic acids is 1. The molecular formula is C12H9N3O4. The lowest BCUT2D eigenvalue weighted by Gasteiger charge is -2.25. The van der Waals surface area contributed by atoms with Crippen LogP contribution in [0.3, 0.4) is 0 Å². The molecule has 1 aliphatic rings. The van der Waals surface area contributed by atoms with Gasteiger partial charge in [-0.05, 0) is 12.1 Å². The minimum Gasteiger partial charge on any atom is -0.478 e. The Morgan fingerprint density at radius 1 is 1.26 bits per heavy atom. The molecule has 0 radical (unpaired) electrons. The number of para-hydroxylation sites is 1. The Morgan fingerprint density at radius 3 is 2.68 bits per heavy atom. The Balaban J connectivity index is 2.24. The van der Waals surface area contributed by atoms with E-state index in [1.807, 2.05) is 0 Å². The lowest BCUT2D eigenvalue weighted by atomic mass is 10.1. The number of aliphatic carboxylic acids is 1. The summed E-state index contributed by atoms with van der Waals surface area (Å²) in [7, 11) is 0. The monoisotopic (exact) mass is 259 g/mol. The topological polar surface area (TPSA) is 104 Å². The first-order valence-corrected chi connectivity index (χ1v) is 5.49. The highest BCUT2D eigenvalue weighted by molar-refractivity contribution is 5.90. The summed E-state index contributed by atoms with van der Waals surface area (Å²) in [6.45, 7) is 0. The molecule has 0 saturated carbocycles. The average Bonchev–Trinajstić information content (AvgIpc) is 2.82. The Labute approximate surface area is 107 Å². The van der Waals surface area contributed by atoms with Crippen molar-refractivity contribution >= 4 is 17.6 Å². The van der Waals surface area contributed by atoms with Crippen molar-refractivity contribution in [2.24, 2.45) is 0 Å². The summed E-state index contributed by atoms with van der Waals surface area (Å²) in [5.74, 6) is -2.32. The van der Waals surface area contributed by atoms with Gasteiger partial charge < -0.3 is 15.5 Å². The van der Waals surface area contributed by atoms with Crippen LogP contribution in [0.2, 0.25) is 0 Å². The molecule has 2 aromatic rings. The van der Waals surface area contributed by atoms with E-state index < -0.39 is 18.1 Å². The van der Waals surface area contributed by atoms with Crippen molar-refractivity contribution in [3.63, 3.8) is 0 Å². The fraction of sp³-hybridized carbons (Fsp3) is 0.0833. The van der Waals surface area contributed by atoms with Crippen LogP contribution in [0.4, 0.5) is 5.69 Å². The summed E-state index contributed by atoms with van der Waals surface area (Å²) in [4.78, 5) is 22.2. The lowest BCUT2D eigenvalue weighted by molar-refractivity contribution is -0.140. The van der Waals surface area contributed by atoms with E-state index in [1.54, 1.807) is 24.3 Å².